The molecule has 5 nitrogen and oxygen atoms in total. The molecule has 2 amide bonds. The van der Waals surface area contributed by atoms with Gasteiger partial charge in [0.25, 0.3) is 0 Å². The molecule has 0 aromatic heterocycles. The number of benzene rings is 1. The molecule has 0 saturated heterocycles. The predicted octanol–water partition coefficient (Wildman–Crippen LogP) is 2.67. The summed E-state index contributed by atoms with van der Waals surface area (Å²) in [5.74, 6) is 0.279. The Morgan fingerprint density at radius 3 is 2.81 bits per heavy atom. The molecule has 2 rings (SSSR count). The van der Waals surface area contributed by atoms with Crippen LogP contribution >= 0.6 is 0 Å². The van der Waals surface area contributed by atoms with Crippen LogP contribution in [0.25, 0.3) is 0 Å². The predicted molar refractivity (Wildman–Crippen MR) is 81.4 cm³/mol. The minimum absolute atomic E-state index is 0.0470. The van der Waals surface area contributed by atoms with E-state index in [0.29, 0.717) is 18.2 Å². The number of aryl methyl sites for hydroxylation is 1. The van der Waals surface area contributed by atoms with Crippen LogP contribution in [-0.4, -0.2) is 25.7 Å². The second-order valence-corrected chi connectivity index (χ2v) is 5.74. The van der Waals surface area contributed by atoms with Gasteiger partial charge in [-0.05, 0) is 42.0 Å². The summed E-state index contributed by atoms with van der Waals surface area (Å²) in [7, 11) is 1.65. The number of anilines is 1. The molecule has 0 fully saturated rings. The van der Waals surface area contributed by atoms with Crippen LogP contribution < -0.4 is 10.6 Å². The van der Waals surface area contributed by atoms with Crippen molar-refractivity contribution in [2.24, 2.45) is 5.92 Å². The van der Waals surface area contributed by atoms with Crippen LogP contribution in [0.4, 0.5) is 10.5 Å². The first-order valence-electron chi connectivity index (χ1n) is 7.29. The van der Waals surface area contributed by atoms with Crippen molar-refractivity contribution < 1.29 is 14.3 Å². The molecule has 0 aliphatic heterocycles. The van der Waals surface area contributed by atoms with Crippen molar-refractivity contribution in [1.29, 1.82) is 0 Å². The molecule has 0 saturated carbocycles. The van der Waals surface area contributed by atoms with Crippen molar-refractivity contribution in [2.45, 2.75) is 32.6 Å². The Labute approximate surface area is 125 Å². The Bertz CT molecular complexity index is 540. The molecule has 1 aliphatic carbocycles. The van der Waals surface area contributed by atoms with E-state index >= 15 is 0 Å². The summed E-state index contributed by atoms with van der Waals surface area (Å²) in [6, 6.07) is 5.66. The van der Waals surface area contributed by atoms with Gasteiger partial charge in [0, 0.05) is 12.7 Å². The lowest BCUT2D eigenvalue weighted by atomic mass is 10.0. The summed E-state index contributed by atoms with van der Waals surface area (Å²) in [4.78, 5) is 23.4. The van der Waals surface area contributed by atoms with Crippen LogP contribution in [0, 0.1) is 5.92 Å². The van der Waals surface area contributed by atoms with Crippen LogP contribution in [-0.2, 0) is 16.0 Å². The normalized spacial score (nSPS) is 16.5. The molecule has 21 heavy (non-hydrogen) atoms. The maximum absolute atomic E-state index is 11.8. The molecule has 1 aliphatic rings. The first-order chi connectivity index (χ1) is 10.0. The molecule has 1 atom stereocenters. The minimum atomic E-state index is -0.440. The van der Waals surface area contributed by atoms with E-state index in [1.165, 1.54) is 0 Å². The Morgan fingerprint density at radius 1 is 1.38 bits per heavy atom. The van der Waals surface area contributed by atoms with Crippen LogP contribution in [0.3, 0.4) is 0 Å². The number of fused-ring (bicyclic) bond motifs is 1. The summed E-state index contributed by atoms with van der Waals surface area (Å²) in [5, 5.41) is 5.42. The van der Waals surface area contributed by atoms with Gasteiger partial charge in [-0.1, -0.05) is 19.9 Å². The summed E-state index contributed by atoms with van der Waals surface area (Å²) >= 11 is 0. The fraction of sp³-hybridized carbons (Fsp3) is 0.500. The number of nitrogens with one attached hydrogen (secondary N) is 2. The third kappa shape index (κ3) is 3.74. The third-order valence-corrected chi connectivity index (χ3v) is 3.58. The van der Waals surface area contributed by atoms with Gasteiger partial charge in [-0.15, -0.1) is 0 Å². The molecular formula is C16H22N2O3. The topological polar surface area (TPSA) is 67.4 Å². The van der Waals surface area contributed by atoms with Crippen molar-refractivity contribution in [3.8, 4) is 0 Å². The summed E-state index contributed by atoms with van der Waals surface area (Å²) < 4.78 is 5.09. The zero-order valence-corrected chi connectivity index (χ0v) is 12.7. The van der Waals surface area contributed by atoms with Gasteiger partial charge in [-0.2, -0.15) is 0 Å². The van der Waals surface area contributed by atoms with Gasteiger partial charge >= 0.3 is 6.09 Å². The lowest BCUT2D eigenvalue weighted by Crippen LogP contribution is -2.24. The van der Waals surface area contributed by atoms with Gasteiger partial charge in [-0.25, -0.2) is 4.79 Å². The fourth-order valence-electron chi connectivity index (χ4n) is 2.54. The van der Waals surface area contributed by atoms with Crippen LogP contribution in [0.5, 0.6) is 0 Å². The molecule has 1 aromatic rings. The number of amides is 2. The Kier molecular flexibility index (Phi) is 4.83. The summed E-state index contributed by atoms with van der Waals surface area (Å²) in [5.41, 5.74) is 2.88. The number of ether oxygens (including phenoxy) is 1. The molecule has 2 N–H and O–H groups in total. The quantitative estimate of drug-likeness (QED) is 0.896. The average Bonchev–Trinajstić information content (AvgIpc) is 2.87. The Balaban J connectivity index is 2.02. The van der Waals surface area contributed by atoms with E-state index in [0.717, 1.165) is 24.0 Å². The number of hydrogen-bond donors (Lipinski definition) is 2. The number of carbonyl (C=O) groups is 2. The van der Waals surface area contributed by atoms with Gasteiger partial charge in [0.05, 0.1) is 12.5 Å². The standard InChI is InChI=1S/C16H22N2O3/c1-10(2)9-21-16(20)18-12-5-7-13-11(8-12)4-6-14(13)15(19)17-3/h5,7-8,10,14H,4,6,9H2,1-3H3,(H,17,19)(H,18,20). The molecular weight excluding hydrogens is 268 g/mol. The molecule has 5 heteroatoms. The van der Waals surface area contributed by atoms with Crippen LogP contribution in [0.2, 0.25) is 0 Å². The van der Waals surface area contributed by atoms with Crippen molar-refractivity contribution >= 4 is 17.7 Å². The zero-order chi connectivity index (χ0) is 15.4. The van der Waals surface area contributed by atoms with Crippen LogP contribution in [0.15, 0.2) is 18.2 Å². The van der Waals surface area contributed by atoms with E-state index in [-0.39, 0.29) is 11.8 Å². The Morgan fingerprint density at radius 2 is 2.14 bits per heavy atom. The van der Waals surface area contributed by atoms with Crippen molar-refractivity contribution in [2.75, 3.05) is 19.0 Å². The largest absolute Gasteiger partial charge is 0.449 e. The smallest absolute Gasteiger partial charge is 0.411 e. The molecule has 0 bridgehead atoms. The highest BCUT2D eigenvalue weighted by atomic mass is 16.5. The second kappa shape index (κ2) is 6.61. The molecule has 1 aromatic carbocycles. The van der Waals surface area contributed by atoms with E-state index in [1.54, 1.807) is 7.05 Å². The highest BCUT2D eigenvalue weighted by Crippen LogP contribution is 2.34. The van der Waals surface area contributed by atoms with Gasteiger partial charge < -0.3 is 10.1 Å². The lowest BCUT2D eigenvalue weighted by Gasteiger charge is -2.12. The molecule has 0 radical (unpaired) electrons. The highest BCUT2D eigenvalue weighted by molar-refractivity contribution is 5.87. The third-order valence-electron chi connectivity index (χ3n) is 3.58. The van der Waals surface area contributed by atoms with Gasteiger partial charge in [0.1, 0.15) is 0 Å². The maximum atomic E-state index is 11.8. The van der Waals surface area contributed by atoms with E-state index in [2.05, 4.69) is 10.6 Å². The number of carbonyl (C=O) groups excluding carboxylic acids is 2. The monoisotopic (exact) mass is 290 g/mol. The van der Waals surface area contributed by atoms with Gasteiger partial charge in [0.2, 0.25) is 5.91 Å². The molecule has 0 heterocycles. The van der Waals surface area contributed by atoms with E-state index < -0.39 is 6.09 Å². The van der Waals surface area contributed by atoms with E-state index in [4.69, 9.17) is 4.74 Å². The lowest BCUT2D eigenvalue weighted by molar-refractivity contribution is -0.122. The molecule has 1 unspecified atom stereocenters. The van der Waals surface area contributed by atoms with Gasteiger partial charge in [0.15, 0.2) is 0 Å². The number of hydrogen-bond acceptors (Lipinski definition) is 3. The average molecular weight is 290 g/mol. The second-order valence-electron chi connectivity index (χ2n) is 5.74. The zero-order valence-electron chi connectivity index (χ0n) is 12.7. The molecule has 0 spiro atoms. The minimum Gasteiger partial charge on any atom is -0.449 e. The number of likely N-dealkylation sites (N-methyl/N-ethyl adjacent to an activating group) is 1. The summed E-state index contributed by atoms with van der Waals surface area (Å²) in [6.45, 7) is 4.37. The van der Waals surface area contributed by atoms with Crippen LogP contribution in [0.1, 0.15) is 37.3 Å². The SMILES string of the molecule is CNC(=O)C1CCc2cc(NC(=O)OCC(C)C)ccc21. The first-order valence-corrected chi connectivity index (χ1v) is 7.29. The van der Waals surface area contributed by atoms with Gasteiger partial charge in [-0.3, -0.25) is 10.1 Å². The van der Waals surface area contributed by atoms with Crippen molar-refractivity contribution in [1.82, 2.24) is 5.32 Å². The van der Waals surface area contributed by atoms with E-state index in [9.17, 15) is 9.59 Å². The molecule has 114 valence electrons. The number of rotatable bonds is 4. The highest BCUT2D eigenvalue weighted by Gasteiger charge is 2.28. The van der Waals surface area contributed by atoms with E-state index in [1.807, 2.05) is 32.0 Å². The maximum Gasteiger partial charge on any atom is 0.411 e. The fourth-order valence-corrected chi connectivity index (χ4v) is 2.54. The first kappa shape index (κ1) is 15.4. The van der Waals surface area contributed by atoms with Crippen molar-refractivity contribution in [3.63, 3.8) is 0 Å². The van der Waals surface area contributed by atoms with Crippen molar-refractivity contribution in [3.05, 3.63) is 29.3 Å². The summed E-state index contributed by atoms with van der Waals surface area (Å²) in [6.07, 6.45) is 1.23. The Hall–Kier alpha value is -2.04.